The Labute approximate surface area is 200 Å². The van der Waals surface area contributed by atoms with Crippen LogP contribution in [0.3, 0.4) is 0 Å². The third-order valence-electron chi connectivity index (χ3n) is 7.99. The SMILES string of the molecule is COc1ccc(CN2CC3(CCC(c4ccccc4)(N(C)C)CC3)N(CC(C)C)C2O)cc1. The van der Waals surface area contributed by atoms with E-state index < -0.39 is 6.35 Å². The van der Waals surface area contributed by atoms with E-state index >= 15 is 0 Å². The van der Waals surface area contributed by atoms with Crippen LogP contribution >= 0.6 is 0 Å². The van der Waals surface area contributed by atoms with E-state index in [1.54, 1.807) is 7.11 Å². The lowest BCUT2D eigenvalue weighted by Gasteiger charge is -2.51. The van der Waals surface area contributed by atoms with Crippen molar-refractivity contribution in [1.82, 2.24) is 14.7 Å². The average molecular weight is 452 g/mol. The van der Waals surface area contributed by atoms with E-state index in [1.165, 1.54) is 11.1 Å². The molecule has 1 N–H and O–H groups in total. The second-order valence-electron chi connectivity index (χ2n) is 10.7. The zero-order chi connectivity index (χ0) is 23.6. The van der Waals surface area contributed by atoms with Crippen LogP contribution in [0.2, 0.25) is 0 Å². The van der Waals surface area contributed by atoms with Crippen LogP contribution in [0.4, 0.5) is 0 Å². The lowest BCUT2D eigenvalue weighted by Crippen LogP contribution is -2.56. The number of ether oxygens (including phenoxy) is 1. The van der Waals surface area contributed by atoms with Gasteiger partial charge in [0.2, 0.25) is 0 Å². The van der Waals surface area contributed by atoms with Crippen molar-refractivity contribution in [2.45, 2.75) is 63.5 Å². The molecule has 2 fully saturated rings. The quantitative estimate of drug-likeness (QED) is 0.670. The molecule has 1 atom stereocenters. The van der Waals surface area contributed by atoms with Crippen LogP contribution in [0.15, 0.2) is 54.6 Å². The molecule has 5 nitrogen and oxygen atoms in total. The fraction of sp³-hybridized carbons (Fsp3) is 0.571. The Bertz CT molecular complexity index is 889. The minimum Gasteiger partial charge on any atom is -0.497 e. The molecule has 2 aromatic rings. The van der Waals surface area contributed by atoms with Gasteiger partial charge in [0.15, 0.2) is 6.35 Å². The van der Waals surface area contributed by atoms with Gasteiger partial charge in [-0.3, -0.25) is 14.7 Å². The van der Waals surface area contributed by atoms with Crippen molar-refractivity contribution < 1.29 is 9.84 Å². The van der Waals surface area contributed by atoms with E-state index in [-0.39, 0.29) is 11.1 Å². The van der Waals surface area contributed by atoms with Gasteiger partial charge in [-0.1, -0.05) is 56.3 Å². The summed E-state index contributed by atoms with van der Waals surface area (Å²) in [6.45, 7) is 7.08. The maximum absolute atomic E-state index is 11.5. The Kier molecular flexibility index (Phi) is 7.15. The fourth-order valence-electron chi connectivity index (χ4n) is 6.09. The Hall–Kier alpha value is -1.92. The number of aliphatic hydroxyl groups excluding tert-OH is 1. The predicted molar refractivity (Wildman–Crippen MR) is 134 cm³/mol. The van der Waals surface area contributed by atoms with E-state index in [4.69, 9.17) is 4.74 Å². The molecule has 2 aromatic carbocycles. The van der Waals surface area contributed by atoms with Gasteiger partial charge in [-0.15, -0.1) is 0 Å². The summed E-state index contributed by atoms with van der Waals surface area (Å²) in [7, 11) is 6.13. The topological polar surface area (TPSA) is 39.2 Å². The molecule has 4 rings (SSSR count). The highest BCUT2D eigenvalue weighted by Crippen LogP contribution is 2.49. The molecule has 1 unspecified atom stereocenters. The molecule has 1 aliphatic heterocycles. The number of aliphatic hydroxyl groups is 1. The molecule has 1 saturated heterocycles. The maximum atomic E-state index is 11.5. The van der Waals surface area contributed by atoms with E-state index in [0.717, 1.165) is 51.1 Å². The fourth-order valence-corrected chi connectivity index (χ4v) is 6.09. The zero-order valence-corrected chi connectivity index (χ0v) is 21.0. The average Bonchev–Trinajstić information content (AvgIpc) is 3.05. The van der Waals surface area contributed by atoms with E-state index in [2.05, 4.69) is 85.1 Å². The number of benzene rings is 2. The lowest BCUT2D eigenvalue weighted by molar-refractivity contribution is -0.0982. The molecular weight excluding hydrogens is 410 g/mol. The summed E-state index contributed by atoms with van der Waals surface area (Å²) in [6.07, 6.45) is 3.83. The standard InChI is InChI=1S/C28H41N3O2/c1-22(2)19-31-26(32)30(20-23-11-13-25(33-5)14-12-23)21-27(31)15-17-28(18-16-27,29(3)4)24-9-7-6-8-10-24/h6-14,22,26,32H,15-21H2,1-5H3. The van der Waals surface area contributed by atoms with Gasteiger partial charge in [-0.25, -0.2) is 0 Å². The van der Waals surface area contributed by atoms with Gasteiger partial charge >= 0.3 is 0 Å². The highest BCUT2D eigenvalue weighted by Gasteiger charge is 2.54. The van der Waals surface area contributed by atoms with Crippen molar-refractivity contribution in [3.05, 3.63) is 65.7 Å². The normalized spacial score (nSPS) is 28.8. The lowest BCUT2D eigenvalue weighted by atomic mass is 9.68. The van der Waals surface area contributed by atoms with Crippen LogP contribution in [-0.4, -0.2) is 66.0 Å². The number of nitrogens with zero attached hydrogens (tertiary/aromatic N) is 3. The first-order valence-electron chi connectivity index (χ1n) is 12.3. The van der Waals surface area contributed by atoms with Crippen molar-refractivity contribution in [3.63, 3.8) is 0 Å². The van der Waals surface area contributed by atoms with Gasteiger partial charge in [0.1, 0.15) is 5.75 Å². The second kappa shape index (κ2) is 9.75. The molecule has 2 aliphatic rings. The number of methoxy groups -OCH3 is 1. The Morgan fingerprint density at radius 2 is 1.64 bits per heavy atom. The zero-order valence-electron chi connectivity index (χ0n) is 21.0. The van der Waals surface area contributed by atoms with Crippen molar-refractivity contribution in [1.29, 1.82) is 0 Å². The van der Waals surface area contributed by atoms with Gasteiger partial charge in [0.05, 0.1) is 7.11 Å². The van der Waals surface area contributed by atoms with Crippen LogP contribution in [0.25, 0.3) is 0 Å². The largest absolute Gasteiger partial charge is 0.497 e. The first-order valence-corrected chi connectivity index (χ1v) is 12.3. The van der Waals surface area contributed by atoms with Crippen LogP contribution in [0, 0.1) is 5.92 Å². The van der Waals surface area contributed by atoms with Gasteiger partial charge in [0, 0.05) is 30.7 Å². The molecule has 180 valence electrons. The number of rotatable bonds is 7. The maximum Gasteiger partial charge on any atom is 0.166 e. The third kappa shape index (κ3) is 4.69. The number of hydrogen-bond donors (Lipinski definition) is 1. The summed E-state index contributed by atoms with van der Waals surface area (Å²) < 4.78 is 5.31. The predicted octanol–water partition coefficient (Wildman–Crippen LogP) is 4.51. The Morgan fingerprint density at radius 1 is 1.00 bits per heavy atom. The van der Waals surface area contributed by atoms with Crippen LogP contribution < -0.4 is 4.74 Å². The molecule has 0 aromatic heterocycles. The van der Waals surface area contributed by atoms with Crippen LogP contribution in [0.5, 0.6) is 5.75 Å². The van der Waals surface area contributed by atoms with Crippen molar-refractivity contribution in [2.75, 3.05) is 34.3 Å². The molecule has 33 heavy (non-hydrogen) atoms. The monoisotopic (exact) mass is 451 g/mol. The summed E-state index contributed by atoms with van der Waals surface area (Å²) in [5.74, 6) is 1.37. The summed E-state index contributed by atoms with van der Waals surface area (Å²) in [5, 5.41) is 11.5. The van der Waals surface area contributed by atoms with Crippen molar-refractivity contribution in [3.8, 4) is 5.75 Å². The molecule has 0 radical (unpaired) electrons. The van der Waals surface area contributed by atoms with Gasteiger partial charge in [-0.2, -0.15) is 0 Å². The van der Waals surface area contributed by atoms with E-state index in [0.29, 0.717) is 5.92 Å². The first-order chi connectivity index (χ1) is 15.8. The molecule has 5 heteroatoms. The minimum atomic E-state index is -0.543. The highest BCUT2D eigenvalue weighted by molar-refractivity contribution is 5.28. The van der Waals surface area contributed by atoms with Gasteiger partial charge in [0.25, 0.3) is 0 Å². The molecule has 1 saturated carbocycles. The Balaban J connectivity index is 1.57. The summed E-state index contributed by atoms with van der Waals surface area (Å²) in [4.78, 5) is 7.09. The van der Waals surface area contributed by atoms with Crippen molar-refractivity contribution >= 4 is 0 Å². The molecule has 1 heterocycles. The van der Waals surface area contributed by atoms with E-state index in [9.17, 15) is 5.11 Å². The second-order valence-corrected chi connectivity index (χ2v) is 10.7. The molecule has 1 aliphatic carbocycles. The van der Waals surface area contributed by atoms with Crippen LogP contribution in [-0.2, 0) is 12.1 Å². The highest BCUT2D eigenvalue weighted by atomic mass is 16.5. The molecule has 0 bridgehead atoms. The summed E-state index contributed by atoms with van der Waals surface area (Å²) in [6, 6.07) is 19.2. The summed E-state index contributed by atoms with van der Waals surface area (Å²) in [5.41, 5.74) is 2.70. The molecule has 1 spiro atoms. The van der Waals surface area contributed by atoms with Crippen LogP contribution in [0.1, 0.15) is 50.7 Å². The molecular formula is C28H41N3O2. The minimum absolute atomic E-state index is 0.0183. The van der Waals surface area contributed by atoms with E-state index in [1.807, 2.05) is 12.1 Å². The van der Waals surface area contributed by atoms with Gasteiger partial charge < -0.3 is 9.84 Å². The molecule has 0 amide bonds. The van der Waals surface area contributed by atoms with Crippen molar-refractivity contribution in [2.24, 2.45) is 5.92 Å². The first kappa shape index (κ1) is 24.2. The number of hydrogen-bond acceptors (Lipinski definition) is 5. The summed E-state index contributed by atoms with van der Waals surface area (Å²) >= 11 is 0. The van der Waals surface area contributed by atoms with Gasteiger partial charge in [-0.05, 0) is 69.0 Å². The smallest absolute Gasteiger partial charge is 0.166 e. The Morgan fingerprint density at radius 3 is 2.18 bits per heavy atom. The third-order valence-corrected chi connectivity index (χ3v) is 7.99.